The summed E-state index contributed by atoms with van der Waals surface area (Å²) >= 11 is 0. The van der Waals surface area contributed by atoms with Crippen molar-refractivity contribution in [2.45, 2.75) is 78.0 Å². The lowest BCUT2D eigenvalue weighted by molar-refractivity contribution is -0.136. The third-order valence-corrected chi connectivity index (χ3v) is 6.78. The zero-order chi connectivity index (χ0) is 33.0. The van der Waals surface area contributed by atoms with Crippen molar-refractivity contribution in [3.8, 4) is 0 Å². The normalized spacial score (nSPS) is 16.1. The third kappa shape index (κ3) is 12.2. The number of amides is 4. The number of carbonyl (C=O) groups is 5. The second-order valence-corrected chi connectivity index (χ2v) is 12.3. The van der Waals surface area contributed by atoms with E-state index in [-0.39, 0.29) is 44.6 Å². The molecule has 1 aliphatic rings. The van der Waals surface area contributed by atoms with Gasteiger partial charge in [0.25, 0.3) is 0 Å². The zero-order valence-electron chi connectivity index (χ0n) is 26.5. The molecule has 12 nitrogen and oxygen atoms in total. The topological polar surface area (TPSA) is 152 Å². The first-order valence-corrected chi connectivity index (χ1v) is 15.0. The fraction of sp³-hybridized carbons (Fsp3) is 0.485. The van der Waals surface area contributed by atoms with Crippen LogP contribution in [-0.4, -0.2) is 78.1 Å². The van der Waals surface area contributed by atoms with Gasteiger partial charge in [0.1, 0.15) is 31.3 Å². The van der Waals surface area contributed by atoms with Crippen molar-refractivity contribution in [3.63, 3.8) is 0 Å². The van der Waals surface area contributed by atoms with E-state index >= 15 is 0 Å². The number of ether oxygens (including phenoxy) is 3. The summed E-state index contributed by atoms with van der Waals surface area (Å²) in [5.41, 5.74) is 0.968. The first kappa shape index (κ1) is 35.0. The Hall–Kier alpha value is -4.45. The molecule has 0 aromatic heterocycles. The van der Waals surface area contributed by atoms with E-state index in [9.17, 15) is 24.0 Å². The summed E-state index contributed by atoms with van der Waals surface area (Å²) in [6.07, 6.45) is -1.27. The van der Waals surface area contributed by atoms with E-state index in [0.29, 0.717) is 6.42 Å². The molecule has 3 rings (SSSR count). The number of nitrogens with one attached hydrogen (secondary N) is 3. The van der Waals surface area contributed by atoms with Crippen molar-refractivity contribution in [1.82, 2.24) is 20.9 Å². The SMILES string of the molecule is CC(C)C[C@H](NC(=O)OCc1ccccc1)C(=O)NC1CN(C(=O)[C@H](COC(C)(C)C)NC(=O)OCc2ccccc2)CC1=O. The minimum Gasteiger partial charge on any atom is -0.445 e. The molecule has 45 heavy (non-hydrogen) atoms. The highest BCUT2D eigenvalue weighted by atomic mass is 16.6. The van der Waals surface area contributed by atoms with Gasteiger partial charge < -0.3 is 35.1 Å². The summed E-state index contributed by atoms with van der Waals surface area (Å²) < 4.78 is 16.3. The number of alkyl carbamates (subject to hydrolysis) is 2. The highest BCUT2D eigenvalue weighted by Gasteiger charge is 2.39. The second kappa shape index (κ2) is 16.6. The summed E-state index contributed by atoms with van der Waals surface area (Å²) in [5.74, 6) is -1.46. The van der Waals surface area contributed by atoms with Crippen LogP contribution in [0.15, 0.2) is 60.7 Å². The Morgan fingerprint density at radius 3 is 1.84 bits per heavy atom. The van der Waals surface area contributed by atoms with Crippen LogP contribution in [0.5, 0.6) is 0 Å². The molecule has 0 spiro atoms. The highest BCUT2D eigenvalue weighted by molar-refractivity contribution is 5.98. The highest BCUT2D eigenvalue weighted by Crippen LogP contribution is 2.14. The number of benzene rings is 2. The molecule has 1 heterocycles. The van der Waals surface area contributed by atoms with Crippen LogP contribution >= 0.6 is 0 Å². The Morgan fingerprint density at radius 2 is 1.36 bits per heavy atom. The van der Waals surface area contributed by atoms with E-state index in [2.05, 4.69) is 16.0 Å². The Balaban J connectivity index is 1.60. The number of ketones is 1. The lowest BCUT2D eigenvalue weighted by Crippen LogP contribution is -2.53. The lowest BCUT2D eigenvalue weighted by atomic mass is 10.0. The average molecular weight is 625 g/mol. The van der Waals surface area contributed by atoms with Gasteiger partial charge in [-0.3, -0.25) is 14.4 Å². The Kier molecular flexibility index (Phi) is 12.9. The van der Waals surface area contributed by atoms with Gasteiger partial charge in [-0.2, -0.15) is 0 Å². The van der Waals surface area contributed by atoms with E-state index in [0.717, 1.165) is 11.1 Å². The van der Waals surface area contributed by atoms with Gasteiger partial charge in [0, 0.05) is 6.54 Å². The molecule has 1 aliphatic heterocycles. The summed E-state index contributed by atoms with van der Waals surface area (Å²) in [6.45, 7) is 8.75. The molecule has 1 saturated heterocycles. The number of hydrogen-bond acceptors (Lipinski definition) is 8. The maximum absolute atomic E-state index is 13.5. The van der Waals surface area contributed by atoms with Gasteiger partial charge in [-0.05, 0) is 44.2 Å². The molecule has 244 valence electrons. The Morgan fingerprint density at radius 1 is 0.844 bits per heavy atom. The summed E-state index contributed by atoms with van der Waals surface area (Å²) in [4.78, 5) is 66.0. The van der Waals surface area contributed by atoms with Gasteiger partial charge in [0.15, 0.2) is 5.78 Å². The smallest absolute Gasteiger partial charge is 0.408 e. The fourth-order valence-electron chi connectivity index (χ4n) is 4.50. The molecule has 0 radical (unpaired) electrons. The molecular formula is C33H44N4O8. The molecule has 3 N–H and O–H groups in total. The van der Waals surface area contributed by atoms with Crippen molar-refractivity contribution in [1.29, 1.82) is 0 Å². The number of likely N-dealkylation sites (tertiary alicyclic amines) is 1. The van der Waals surface area contributed by atoms with Crippen molar-refractivity contribution in [2.24, 2.45) is 5.92 Å². The van der Waals surface area contributed by atoms with Crippen LogP contribution in [-0.2, 0) is 41.8 Å². The molecule has 2 aromatic rings. The van der Waals surface area contributed by atoms with Crippen molar-refractivity contribution in [3.05, 3.63) is 71.8 Å². The predicted octanol–water partition coefficient (Wildman–Crippen LogP) is 3.33. The third-order valence-electron chi connectivity index (χ3n) is 6.78. The summed E-state index contributed by atoms with van der Waals surface area (Å²) in [5, 5.41) is 7.82. The van der Waals surface area contributed by atoms with Crippen LogP contribution in [0.1, 0.15) is 52.2 Å². The van der Waals surface area contributed by atoms with Crippen LogP contribution < -0.4 is 16.0 Å². The van der Waals surface area contributed by atoms with Gasteiger partial charge in [-0.25, -0.2) is 9.59 Å². The van der Waals surface area contributed by atoms with E-state index in [1.54, 1.807) is 12.1 Å². The van der Waals surface area contributed by atoms with Crippen LogP contribution in [0, 0.1) is 5.92 Å². The molecule has 1 fully saturated rings. The van der Waals surface area contributed by atoms with Crippen molar-refractivity contribution in [2.75, 3.05) is 19.7 Å². The monoisotopic (exact) mass is 624 g/mol. The molecule has 4 amide bonds. The molecule has 12 heteroatoms. The van der Waals surface area contributed by atoms with Gasteiger partial charge in [-0.15, -0.1) is 0 Å². The van der Waals surface area contributed by atoms with Gasteiger partial charge in [0.05, 0.1) is 18.8 Å². The van der Waals surface area contributed by atoms with Crippen LogP contribution in [0.4, 0.5) is 9.59 Å². The standard InChI is InChI=1S/C33H44N4O8/c1-22(2)16-25(35-31(41)43-19-23-12-8-6-9-13-23)29(39)34-26-17-37(18-28(26)38)30(40)27(21-45-33(3,4)5)36-32(42)44-20-24-14-10-7-11-15-24/h6-15,22,25-27H,16-21H2,1-5H3,(H,34,39)(H,35,41)(H,36,42)/t25-,26?,27-/m0/s1. The number of rotatable bonds is 13. The number of Topliss-reactive ketones (excluding diaryl/α,β-unsaturated/α-hetero) is 1. The van der Waals surface area contributed by atoms with E-state index in [1.165, 1.54) is 4.90 Å². The van der Waals surface area contributed by atoms with E-state index in [4.69, 9.17) is 14.2 Å². The molecule has 3 atom stereocenters. The zero-order valence-corrected chi connectivity index (χ0v) is 26.5. The summed E-state index contributed by atoms with van der Waals surface area (Å²) in [6, 6.07) is 15.1. The summed E-state index contributed by atoms with van der Waals surface area (Å²) in [7, 11) is 0. The maximum Gasteiger partial charge on any atom is 0.408 e. The second-order valence-electron chi connectivity index (χ2n) is 12.3. The first-order chi connectivity index (χ1) is 21.3. The fourth-order valence-corrected chi connectivity index (χ4v) is 4.50. The van der Waals surface area contributed by atoms with E-state index < -0.39 is 47.7 Å². The number of hydrogen-bond donors (Lipinski definition) is 3. The first-order valence-electron chi connectivity index (χ1n) is 15.0. The molecular weight excluding hydrogens is 580 g/mol. The van der Waals surface area contributed by atoms with Crippen LogP contribution in [0.2, 0.25) is 0 Å². The average Bonchev–Trinajstić information content (AvgIpc) is 3.36. The van der Waals surface area contributed by atoms with Gasteiger partial charge >= 0.3 is 12.2 Å². The van der Waals surface area contributed by atoms with E-state index in [1.807, 2.05) is 83.1 Å². The van der Waals surface area contributed by atoms with Crippen molar-refractivity contribution >= 4 is 29.8 Å². The lowest BCUT2D eigenvalue weighted by Gasteiger charge is -2.27. The molecule has 2 aromatic carbocycles. The van der Waals surface area contributed by atoms with Gasteiger partial charge in [-0.1, -0.05) is 74.5 Å². The number of carbonyl (C=O) groups excluding carboxylic acids is 5. The molecule has 1 unspecified atom stereocenters. The van der Waals surface area contributed by atoms with Gasteiger partial charge in [0.2, 0.25) is 11.8 Å². The quantitative estimate of drug-likeness (QED) is 0.307. The maximum atomic E-state index is 13.5. The minimum atomic E-state index is -1.13. The predicted molar refractivity (Wildman–Crippen MR) is 166 cm³/mol. The minimum absolute atomic E-state index is 0.00932. The molecule has 0 saturated carbocycles. The number of nitrogens with zero attached hydrogens (tertiary/aromatic N) is 1. The molecule has 0 bridgehead atoms. The van der Waals surface area contributed by atoms with Crippen LogP contribution in [0.25, 0.3) is 0 Å². The van der Waals surface area contributed by atoms with Crippen LogP contribution in [0.3, 0.4) is 0 Å². The molecule has 0 aliphatic carbocycles. The largest absolute Gasteiger partial charge is 0.445 e. The Labute approximate surface area is 264 Å². The van der Waals surface area contributed by atoms with Crippen molar-refractivity contribution < 1.29 is 38.2 Å². The Bertz CT molecular complexity index is 1300.